The SMILES string of the molecule is COc1ccc(CC(=O)[O-])cc1C1COC2(CCCNC2c2ccccc2)C1. The van der Waals surface area contributed by atoms with E-state index in [0.717, 1.165) is 42.7 Å². The molecule has 0 aliphatic carbocycles. The number of piperidine rings is 1. The smallest absolute Gasteiger partial charge is 0.122 e. The van der Waals surface area contributed by atoms with E-state index in [4.69, 9.17) is 9.47 Å². The van der Waals surface area contributed by atoms with E-state index in [1.54, 1.807) is 13.2 Å². The summed E-state index contributed by atoms with van der Waals surface area (Å²) < 4.78 is 12.1. The Morgan fingerprint density at radius 1 is 1.29 bits per heavy atom. The monoisotopic (exact) mass is 380 g/mol. The first kappa shape index (κ1) is 19.0. The van der Waals surface area contributed by atoms with Gasteiger partial charge in [0.1, 0.15) is 5.75 Å². The summed E-state index contributed by atoms with van der Waals surface area (Å²) in [6, 6.07) is 16.2. The molecule has 1 spiro atoms. The number of carbonyl (C=O) groups is 1. The normalized spacial score (nSPS) is 27.0. The summed E-state index contributed by atoms with van der Waals surface area (Å²) in [7, 11) is 1.65. The number of rotatable bonds is 5. The first-order valence-electron chi connectivity index (χ1n) is 9.90. The Kier molecular flexibility index (Phi) is 5.38. The van der Waals surface area contributed by atoms with E-state index < -0.39 is 5.97 Å². The van der Waals surface area contributed by atoms with Gasteiger partial charge in [-0.1, -0.05) is 42.5 Å². The van der Waals surface area contributed by atoms with Crippen LogP contribution >= 0.6 is 0 Å². The van der Waals surface area contributed by atoms with Crippen LogP contribution in [0.2, 0.25) is 0 Å². The van der Waals surface area contributed by atoms with Gasteiger partial charge in [0.05, 0.1) is 25.4 Å². The minimum atomic E-state index is -1.07. The molecular formula is C23H26NO4-. The molecular weight excluding hydrogens is 354 g/mol. The number of benzene rings is 2. The van der Waals surface area contributed by atoms with Crippen LogP contribution in [-0.2, 0) is 16.0 Å². The zero-order valence-electron chi connectivity index (χ0n) is 16.1. The second-order valence-corrected chi connectivity index (χ2v) is 7.80. The molecule has 2 saturated heterocycles. The number of hydrogen-bond acceptors (Lipinski definition) is 5. The van der Waals surface area contributed by atoms with E-state index in [1.165, 1.54) is 5.56 Å². The van der Waals surface area contributed by atoms with E-state index >= 15 is 0 Å². The van der Waals surface area contributed by atoms with Crippen molar-refractivity contribution in [1.29, 1.82) is 0 Å². The average molecular weight is 380 g/mol. The van der Waals surface area contributed by atoms with E-state index in [-0.39, 0.29) is 24.0 Å². The van der Waals surface area contributed by atoms with Gasteiger partial charge in [-0.05, 0) is 48.6 Å². The Hall–Kier alpha value is -2.37. The zero-order valence-corrected chi connectivity index (χ0v) is 16.1. The van der Waals surface area contributed by atoms with Gasteiger partial charge in [-0.3, -0.25) is 0 Å². The summed E-state index contributed by atoms with van der Waals surface area (Å²) >= 11 is 0. The molecule has 2 fully saturated rings. The molecule has 0 radical (unpaired) electrons. The number of carboxylic acid groups (broad SMARTS) is 1. The van der Waals surface area contributed by atoms with Crippen molar-refractivity contribution >= 4 is 5.97 Å². The number of ether oxygens (including phenoxy) is 2. The fourth-order valence-electron chi connectivity index (χ4n) is 4.79. The maximum Gasteiger partial charge on any atom is 0.122 e. The Balaban J connectivity index is 1.63. The van der Waals surface area contributed by atoms with Crippen molar-refractivity contribution in [3.8, 4) is 5.75 Å². The molecule has 5 heteroatoms. The van der Waals surface area contributed by atoms with Crippen LogP contribution in [0.3, 0.4) is 0 Å². The molecule has 0 bridgehead atoms. The molecule has 148 valence electrons. The van der Waals surface area contributed by atoms with Gasteiger partial charge in [-0.15, -0.1) is 0 Å². The van der Waals surface area contributed by atoms with Crippen molar-refractivity contribution in [2.24, 2.45) is 0 Å². The quantitative estimate of drug-likeness (QED) is 0.862. The molecule has 4 rings (SSSR count). The molecule has 28 heavy (non-hydrogen) atoms. The highest BCUT2D eigenvalue weighted by Gasteiger charge is 2.49. The zero-order chi connectivity index (χ0) is 19.6. The second kappa shape index (κ2) is 7.94. The lowest BCUT2D eigenvalue weighted by Gasteiger charge is -2.41. The number of aliphatic carboxylic acids is 1. The Morgan fingerprint density at radius 3 is 2.86 bits per heavy atom. The lowest BCUT2D eigenvalue weighted by molar-refractivity contribution is -0.304. The average Bonchev–Trinajstić information content (AvgIpc) is 3.12. The third-order valence-electron chi connectivity index (χ3n) is 6.03. The fraction of sp³-hybridized carbons (Fsp3) is 0.435. The third kappa shape index (κ3) is 3.64. The molecule has 3 atom stereocenters. The highest BCUT2D eigenvalue weighted by atomic mass is 16.5. The molecule has 1 N–H and O–H groups in total. The van der Waals surface area contributed by atoms with E-state index in [0.29, 0.717) is 6.61 Å². The molecule has 3 unspecified atom stereocenters. The van der Waals surface area contributed by atoms with Gasteiger partial charge >= 0.3 is 0 Å². The van der Waals surface area contributed by atoms with Crippen LogP contribution in [0.4, 0.5) is 0 Å². The molecule has 2 aromatic carbocycles. The first-order chi connectivity index (χ1) is 13.6. The van der Waals surface area contributed by atoms with Crippen LogP contribution in [0.25, 0.3) is 0 Å². The number of carboxylic acids is 1. The summed E-state index contributed by atoms with van der Waals surface area (Å²) in [6.45, 7) is 1.59. The summed E-state index contributed by atoms with van der Waals surface area (Å²) in [4.78, 5) is 11.0. The summed E-state index contributed by atoms with van der Waals surface area (Å²) in [5, 5.41) is 14.7. The highest BCUT2D eigenvalue weighted by Crippen LogP contribution is 2.49. The van der Waals surface area contributed by atoms with Crippen LogP contribution < -0.4 is 15.2 Å². The molecule has 2 aromatic rings. The third-order valence-corrected chi connectivity index (χ3v) is 6.03. The van der Waals surface area contributed by atoms with Crippen molar-refractivity contribution in [3.05, 3.63) is 65.2 Å². The van der Waals surface area contributed by atoms with Crippen LogP contribution in [0.5, 0.6) is 5.75 Å². The van der Waals surface area contributed by atoms with Crippen LogP contribution in [0.1, 0.15) is 47.9 Å². The minimum Gasteiger partial charge on any atom is -0.550 e. The van der Waals surface area contributed by atoms with Crippen molar-refractivity contribution < 1.29 is 19.4 Å². The Morgan fingerprint density at radius 2 is 2.11 bits per heavy atom. The molecule has 0 saturated carbocycles. The Bertz CT molecular complexity index is 838. The van der Waals surface area contributed by atoms with Crippen LogP contribution in [0, 0.1) is 0 Å². The van der Waals surface area contributed by atoms with E-state index in [2.05, 4.69) is 29.6 Å². The van der Waals surface area contributed by atoms with Gasteiger partial charge in [0.2, 0.25) is 0 Å². The standard InChI is InChI=1S/C23H27NO4/c1-27-20-9-8-16(13-21(25)26)12-19(20)18-14-23(28-15-18)10-5-11-24-22(23)17-6-3-2-4-7-17/h2-4,6-9,12,18,22,24H,5,10-11,13-15H2,1H3,(H,25,26)/p-1. The van der Waals surface area contributed by atoms with Crippen molar-refractivity contribution in [2.45, 2.75) is 43.2 Å². The van der Waals surface area contributed by atoms with Gasteiger partial charge in [0, 0.05) is 18.3 Å². The lowest BCUT2D eigenvalue weighted by atomic mass is 9.76. The molecule has 2 aliphatic rings. The second-order valence-electron chi connectivity index (χ2n) is 7.80. The van der Waals surface area contributed by atoms with Gasteiger partial charge in [-0.25, -0.2) is 0 Å². The molecule has 2 aliphatic heterocycles. The van der Waals surface area contributed by atoms with E-state index in [9.17, 15) is 9.90 Å². The minimum absolute atomic E-state index is 0.0933. The number of nitrogens with one attached hydrogen (secondary N) is 1. The predicted octanol–water partition coefficient (Wildman–Crippen LogP) is 2.35. The highest BCUT2D eigenvalue weighted by molar-refractivity contribution is 5.68. The van der Waals surface area contributed by atoms with Gasteiger partial charge in [0.15, 0.2) is 0 Å². The molecule has 2 heterocycles. The first-order valence-corrected chi connectivity index (χ1v) is 9.90. The summed E-state index contributed by atoms with van der Waals surface area (Å²) in [5.74, 6) is -0.119. The molecule has 0 aromatic heterocycles. The Labute approximate surface area is 165 Å². The van der Waals surface area contributed by atoms with E-state index in [1.807, 2.05) is 18.2 Å². The topological polar surface area (TPSA) is 70.6 Å². The fourth-order valence-corrected chi connectivity index (χ4v) is 4.79. The predicted molar refractivity (Wildman–Crippen MR) is 104 cm³/mol. The summed E-state index contributed by atoms with van der Waals surface area (Å²) in [5.41, 5.74) is 2.76. The van der Waals surface area contributed by atoms with Crippen molar-refractivity contribution in [2.75, 3.05) is 20.3 Å². The lowest BCUT2D eigenvalue weighted by Crippen LogP contribution is -2.48. The largest absolute Gasteiger partial charge is 0.550 e. The molecule has 0 amide bonds. The summed E-state index contributed by atoms with van der Waals surface area (Å²) in [6.07, 6.45) is 2.88. The van der Waals surface area contributed by atoms with Crippen molar-refractivity contribution in [3.63, 3.8) is 0 Å². The number of carbonyl (C=O) groups excluding carboxylic acids is 1. The van der Waals surface area contributed by atoms with Gasteiger partial charge < -0.3 is 24.7 Å². The maximum atomic E-state index is 11.0. The number of hydrogen-bond donors (Lipinski definition) is 1. The maximum absolute atomic E-state index is 11.0. The van der Waals surface area contributed by atoms with Crippen LogP contribution in [-0.4, -0.2) is 31.8 Å². The van der Waals surface area contributed by atoms with Crippen molar-refractivity contribution in [1.82, 2.24) is 5.32 Å². The van der Waals surface area contributed by atoms with Gasteiger partial charge in [0.25, 0.3) is 0 Å². The van der Waals surface area contributed by atoms with Gasteiger partial charge in [-0.2, -0.15) is 0 Å². The molecule has 5 nitrogen and oxygen atoms in total. The number of methoxy groups -OCH3 is 1. The van der Waals surface area contributed by atoms with Crippen LogP contribution in [0.15, 0.2) is 48.5 Å².